The minimum absolute atomic E-state index is 0.0981. The Morgan fingerprint density at radius 3 is 2.53 bits per heavy atom. The fraction of sp³-hybridized carbons (Fsp3) is 0.933. The molecule has 110 valence electrons. The van der Waals surface area contributed by atoms with Gasteiger partial charge in [-0.3, -0.25) is 9.69 Å². The van der Waals surface area contributed by atoms with E-state index in [9.17, 15) is 4.79 Å². The van der Waals surface area contributed by atoms with Crippen LogP contribution in [0.25, 0.3) is 0 Å². The summed E-state index contributed by atoms with van der Waals surface area (Å²) in [6, 6.07) is 0. The average molecular weight is 269 g/mol. The summed E-state index contributed by atoms with van der Waals surface area (Å²) in [6.07, 6.45) is 5.26. The second-order valence-corrected chi connectivity index (χ2v) is 5.88. The van der Waals surface area contributed by atoms with Gasteiger partial charge in [0, 0.05) is 32.7 Å². The second-order valence-electron chi connectivity index (χ2n) is 5.88. The van der Waals surface area contributed by atoms with Crippen LogP contribution in [0.15, 0.2) is 0 Å². The highest BCUT2D eigenvalue weighted by Crippen LogP contribution is 2.38. The van der Waals surface area contributed by atoms with Crippen molar-refractivity contribution in [3.8, 4) is 0 Å². The van der Waals surface area contributed by atoms with Gasteiger partial charge in [0.2, 0.25) is 0 Å². The molecule has 19 heavy (non-hydrogen) atoms. The quantitative estimate of drug-likeness (QED) is 0.738. The van der Waals surface area contributed by atoms with Crippen molar-refractivity contribution in [2.24, 2.45) is 5.92 Å². The van der Waals surface area contributed by atoms with Crippen molar-refractivity contribution in [3.63, 3.8) is 0 Å². The minimum atomic E-state index is -0.197. The van der Waals surface area contributed by atoms with Gasteiger partial charge in [0.25, 0.3) is 0 Å². The number of morpholine rings is 1. The molecule has 1 aliphatic carbocycles. The van der Waals surface area contributed by atoms with Crippen LogP contribution in [0.4, 0.5) is 0 Å². The molecule has 1 atom stereocenters. The van der Waals surface area contributed by atoms with Crippen molar-refractivity contribution >= 4 is 5.78 Å². The first-order valence-electron chi connectivity index (χ1n) is 7.57. The van der Waals surface area contributed by atoms with Gasteiger partial charge in [-0.15, -0.1) is 0 Å². The van der Waals surface area contributed by atoms with Gasteiger partial charge in [0.15, 0.2) is 5.78 Å². The highest BCUT2D eigenvalue weighted by atomic mass is 16.5. The molecule has 0 radical (unpaired) electrons. The largest absolute Gasteiger partial charge is 0.385 e. The Kier molecular flexibility index (Phi) is 5.37. The number of ketones is 1. The van der Waals surface area contributed by atoms with Crippen LogP contribution in [-0.2, 0) is 14.3 Å². The molecule has 0 spiro atoms. The number of Topliss-reactive ketones (excluding diaryl/α,β-unsaturated/α-hetero) is 1. The summed E-state index contributed by atoms with van der Waals surface area (Å²) in [4.78, 5) is 15.3. The number of rotatable bonds is 6. The molecule has 1 saturated heterocycles. The molecule has 0 bridgehead atoms. The molecular formula is C15H27NO3. The smallest absolute Gasteiger partial charge is 0.155 e. The normalized spacial score (nSPS) is 25.4. The third kappa shape index (κ3) is 3.18. The Labute approximate surface area is 116 Å². The van der Waals surface area contributed by atoms with Gasteiger partial charge < -0.3 is 9.47 Å². The van der Waals surface area contributed by atoms with Gasteiger partial charge >= 0.3 is 0 Å². The summed E-state index contributed by atoms with van der Waals surface area (Å²) in [7, 11) is 1.70. The highest BCUT2D eigenvalue weighted by molar-refractivity contribution is 5.90. The Bertz CT molecular complexity index is 294. The zero-order valence-electron chi connectivity index (χ0n) is 12.3. The highest BCUT2D eigenvalue weighted by Gasteiger charge is 2.47. The predicted molar refractivity (Wildman–Crippen MR) is 74.3 cm³/mol. The molecule has 1 heterocycles. The number of carbonyl (C=O) groups is 1. The van der Waals surface area contributed by atoms with E-state index >= 15 is 0 Å². The minimum Gasteiger partial charge on any atom is -0.385 e. The summed E-state index contributed by atoms with van der Waals surface area (Å²) in [5.41, 5.74) is -0.197. The van der Waals surface area contributed by atoms with E-state index in [0.29, 0.717) is 12.4 Å². The van der Waals surface area contributed by atoms with E-state index in [4.69, 9.17) is 9.47 Å². The maximum atomic E-state index is 12.9. The molecule has 0 amide bonds. The Balaban J connectivity index is 2.07. The van der Waals surface area contributed by atoms with Crippen LogP contribution in [0.2, 0.25) is 0 Å². The molecule has 0 aromatic heterocycles. The topological polar surface area (TPSA) is 38.8 Å². The van der Waals surface area contributed by atoms with Crippen LogP contribution < -0.4 is 0 Å². The van der Waals surface area contributed by atoms with Crippen LogP contribution in [0.1, 0.15) is 39.0 Å². The summed E-state index contributed by atoms with van der Waals surface area (Å²) in [6.45, 7) is 6.07. The standard InChI is InChI=1S/C15H27NO3/c1-13(5-10-18-2)14(17)15(6-3-4-7-15)16-8-11-19-12-9-16/h13H,3-12H2,1-2H3. The first kappa shape index (κ1) is 14.9. The molecule has 1 unspecified atom stereocenters. The van der Waals surface area contributed by atoms with E-state index < -0.39 is 0 Å². The molecule has 1 saturated carbocycles. The van der Waals surface area contributed by atoms with Crippen molar-refractivity contribution in [3.05, 3.63) is 0 Å². The fourth-order valence-corrected chi connectivity index (χ4v) is 3.55. The zero-order chi connectivity index (χ0) is 13.7. The van der Waals surface area contributed by atoms with E-state index in [1.807, 2.05) is 0 Å². The summed E-state index contributed by atoms with van der Waals surface area (Å²) in [5.74, 6) is 0.532. The van der Waals surface area contributed by atoms with Crippen molar-refractivity contribution in [2.45, 2.75) is 44.6 Å². The first-order valence-corrected chi connectivity index (χ1v) is 7.57. The van der Waals surface area contributed by atoms with Crippen LogP contribution >= 0.6 is 0 Å². The van der Waals surface area contributed by atoms with Crippen molar-refractivity contribution in [2.75, 3.05) is 40.0 Å². The second kappa shape index (κ2) is 6.82. The van der Waals surface area contributed by atoms with Crippen LogP contribution in [0, 0.1) is 5.92 Å². The number of hydrogen-bond acceptors (Lipinski definition) is 4. The van der Waals surface area contributed by atoms with E-state index in [1.54, 1.807) is 7.11 Å². The third-order valence-corrected chi connectivity index (χ3v) is 4.71. The molecule has 2 fully saturated rings. The monoisotopic (exact) mass is 269 g/mol. The SMILES string of the molecule is COCCC(C)C(=O)C1(N2CCOCC2)CCCC1. The van der Waals surface area contributed by atoms with E-state index in [0.717, 1.165) is 45.6 Å². The maximum absolute atomic E-state index is 12.9. The summed E-state index contributed by atoms with van der Waals surface area (Å²) < 4.78 is 10.6. The number of methoxy groups -OCH3 is 1. The van der Waals surface area contributed by atoms with Crippen LogP contribution in [0.5, 0.6) is 0 Å². The Hall–Kier alpha value is -0.450. The van der Waals surface area contributed by atoms with Crippen molar-refractivity contribution in [1.29, 1.82) is 0 Å². The van der Waals surface area contributed by atoms with E-state index in [-0.39, 0.29) is 11.5 Å². The molecule has 2 aliphatic rings. The molecule has 1 aliphatic heterocycles. The number of nitrogens with zero attached hydrogens (tertiary/aromatic N) is 1. The fourth-order valence-electron chi connectivity index (χ4n) is 3.55. The molecule has 4 nitrogen and oxygen atoms in total. The lowest BCUT2D eigenvalue weighted by atomic mass is 9.82. The molecular weight excluding hydrogens is 242 g/mol. The number of carbonyl (C=O) groups excluding carboxylic acids is 1. The molecule has 0 N–H and O–H groups in total. The zero-order valence-corrected chi connectivity index (χ0v) is 12.3. The maximum Gasteiger partial charge on any atom is 0.155 e. The van der Waals surface area contributed by atoms with Gasteiger partial charge in [-0.2, -0.15) is 0 Å². The van der Waals surface area contributed by atoms with Gasteiger partial charge in [0.1, 0.15) is 0 Å². The summed E-state index contributed by atoms with van der Waals surface area (Å²) >= 11 is 0. The first-order chi connectivity index (χ1) is 9.20. The van der Waals surface area contributed by atoms with Gasteiger partial charge in [-0.25, -0.2) is 0 Å². The van der Waals surface area contributed by atoms with Crippen molar-refractivity contribution in [1.82, 2.24) is 4.90 Å². The van der Waals surface area contributed by atoms with Crippen molar-refractivity contribution < 1.29 is 14.3 Å². The van der Waals surface area contributed by atoms with E-state index in [1.165, 1.54) is 12.8 Å². The Morgan fingerprint density at radius 1 is 1.32 bits per heavy atom. The third-order valence-electron chi connectivity index (χ3n) is 4.71. The Morgan fingerprint density at radius 2 is 1.95 bits per heavy atom. The van der Waals surface area contributed by atoms with Crippen LogP contribution in [0.3, 0.4) is 0 Å². The lowest BCUT2D eigenvalue weighted by Crippen LogP contribution is -2.58. The predicted octanol–water partition coefficient (Wildman–Crippen LogP) is 1.87. The van der Waals surface area contributed by atoms with Gasteiger partial charge in [-0.05, 0) is 19.3 Å². The lowest BCUT2D eigenvalue weighted by molar-refractivity contribution is -0.138. The molecule has 0 aromatic carbocycles. The van der Waals surface area contributed by atoms with E-state index in [2.05, 4.69) is 11.8 Å². The summed E-state index contributed by atoms with van der Waals surface area (Å²) in [5, 5.41) is 0. The molecule has 4 heteroatoms. The average Bonchev–Trinajstić information content (AvgIpc) is 2.95. The molecule has 0 aromatic rings. The van der Waals surface area contributed by atoms with Gasteiger partial charge in [0.05, 0.1) is 18.8 Å². The lowest BCUT2D eigenvalue weighted by Gasteiger charge is -2.43. The van der Waals surface area contributed by atoms with Gasteiger partial charge in [-0.1, -0.05) is 19.8 Å². The molecule has 2 rings (SSSR count). The van der Waals surface area contributed by atoms with Crippen LogP contribution in [-0.4, -0.2) is 56.2 Å². The number of ether oxygens (including phenoxy) is 2. The number of hydrogen-bond donors (Lipinski definition) is 0.